The SMILES string of the molecule is OCCC1(CNCc2ccccc2)CCC1. The van der Waals surface area contributed by atoms with Crippen LogP contribution >= 0.6 is 0 Å². The van der Waals surface area contributed by atoms with E-state index in [4.69, 9.17) is 5.11 Å². The molecule has 0 radical (unpaired) electrons. The van der Waals surface area contributed by atoms with E-state index in [0.29, 0.717) is 12.0 Å². The van der Waals surface area contributed by atoms with Gasteiger partial charge < -0.3 is 10.4 Å². The zero-order valence-corrected chi connectivity index (χ0v) is 9.78. The van der Waals surface area contributed by atoms with Gasteiger partial charge in [-0.25, -0.2) is 0 Å². The molecule has 0 saturated heterocycles. The van der Waals surface area contributed by atoms with E-state index in [9.17, 15) is 0 Å². The largest absolute Gasteiger partial charge is 0.396 e. The maximum Gasteiger partial charge on any atom is 0.0436 e. The smallest absolute Gasteiger partial charge is 0.0436 e. The van der Waals surface area contributed by atoms with Crippen LogP contribution in [0.1, 0.15) is 31.2 Å². The molecule has 0 amide bonds. The van der Waals surface area contributed by atoms with Crippen LogP contribution in [0.4, 0.5) is 0 Å². The minimum absolute atomic E-state index is 0.326. The van der Waals surface area contributed by atoms with Crippen molar-refractivity contribution in [3.8, 4) is 0 Å². The molecule has 0 atom stereocenters. The van der Waals surface area contributed by atoms with Crippen LogP contribution in [0.15, 0.2) is 30.3 Å². The number of aliphatic hydroxyl groups excluding tert-OH is 1. The molecule has 88 valence electrons. The molecule has 0 unspecified atom stereocenters. The molecular weight excluding hydrogens is 198 g/mol. The van der Waals surface area contributed by atoms with E-state index in [0.717, 1.165) is 19.5 Å². The van der Waals surface area contributed by atoms with Gasteiger partial charge in [0.1, 0.15) is 0 Å². The second-order valence-electron chi connectivity index (χ2n) is 4.92. The summed E-state index contributed by atoms with van der Waals surface area (Å²) in [7, 11) is 0. The summed E-state index contributed by atoms with van der Waals surface area (Å²) in [6.07, 6.45) is 4.83. The monoisotopic (exact) mass is 219 g/mol. The number of aliphatic hydroxyl groups is 1. The van der Waals surface area contributed by atoms with Gasteiger partial charge in [0.05, 0.1) is 0 Å². The predicted molar refractivity (Wildman–Crippen MR) is 66.1 cm³/mol. The lowest BCUT2D eigenvalue weighted by Gasteiger charge is -2.42. The van der Waals surface area contributed by atoms with Crippen LogP contribution in [-0.4, -0.2) is 18.3 Å². The van der Waals surface area contributed by atoms with Crippen LogP contribution in [0.25, 0.3) is 0 Å². The normalized spacial score (nSPS) is 18.1. The zero-order chi connectivity index (χ0) is 11.3. The van der Waals surface area contributed by atoms with Gasteiger partial charge in [0.2, 0.25) is 0 Å². The van der Waals surface area contributed by atoms with E-state index in [1.807, 2.05) is 6.07 Å². The van der Waals surface area contributed by atoms with Gasteiger partial charge in [-0.15, -0.1) is 0 Å². The minimum Gasteiger partial charge on any atom is -0.396 e. The van der Waals surface area contributed by atoms with Crippen LogP contribution < -0.4 is 5.32 Å². The number of rotatable bonds is 6. The molecule has 0 aromatic heterocycles. The van der Waals surface area contributed by atoms with Crippen molar-refractivity contribution in [1.82, 2.24) is 5.32 Å². The Balaban J connectivity index is 1.75. The van der Waals surface area contributed by atoms with E-state index in [1.54, 1.807) is 0 Å². The summed E-state index contributed by atoms with van der Waals surface area (Å²) in [6.45, 7) is 2.31. The Hall–Kier alpha value is -0.860. The predicted octanol–water partition coefficient (Wildman–Crippen LogP) is 2.33. The fourth-order valence-corrected chi connectivity index (χ4v) is 2.50. The molecule has 0 heterocycles. The van der Waals surface area contributed by atoms with E-state index < -0.39 is 0 Å². The highest BCUT2D eigenvalue weighted by atomic mass is 16.3. The van der Waals surface area contributed by atoms with E-state index in [1.165, 1.54) is 24.8 Å². The number of hydrogen-bond donors (Lipinski definition) is 2. The van der Waals surface area contributed by atoms with Crippen molar-refractivity contribution in [1.29, 1.82) is 0 Å². The Morgan fingerprint density at radius 3 is 2.50 bits per heavy atom. The fourth-order valence-electron chi connectivity index (χ4n) is 2.50. The van der Waals surface area contributed by atoms with Gasteiger partial charge in [-0.05, 0) is 30.2 Å². The molecule has 2 N–H and O–H groups in total. The third kappa shape index (κ3) is 2.83. The molecule has 2 rings (SSSR count). The third-order valence-corrected chi connectivity index (χ3v) is 3.73. The Bertz CT molecular complexity index is 306. The highest BCUT2D eigenvalue weighted by molar-refractivity contribution is 5.14. The van der Waals surface area contributed by atoms with Crippen molar-refractivity contribution < 1.29 is 5.11 Å². The van der Waals surface area contributed by atoms with Crippen molar-refractivity contribution in [2.45, 2.75) is 32.2 Å². The van der Waals surface area contributed by atoms with E-state index in [2.05, 4.69) is 29.6 Å². The van der Waals surface area contributed by atoms with Crippen molar-refractivity contribution in [3.63, 3.8) is 0 Å². The third-order valence-electron chi connectivity index (χ3n) is 3.73. The number of hydrogen-bond acceptors (Lipinski definition) is 2. The Labute approximate surface area is 97.7 Å². The Morgan fingerprint density at radius 2 is 1.94 bits per heavy atom. The number of benzene rings is 1. The summed E-state index contributed by atoms with van der Waals surface area (Å²) in [5.41, 5.74) is 1.73. The first kappa shape index (κ1) is 11.6. The van der Waals surface area contributed by atoms with Gasteiger partial charge in [0, 0.05) is 19.7 Å². The second-order valence-corrected chi connectivity index (χ2v) is 4.92. The lowest BCUT2D eigenvalue weighted by atomic mass is 9.67. The summed E-state index contributed by atoms with van der Waals surface area (Å²) in [5, 5.41) is 12.6. The van der Waals surface area contributed by atoms with Gasteiger partial charge in [-0.1, -0.05) is 36.8 Å². The van der Waals surface area contributed by atoms with Gasteiger partial charge in [-0.2, -0.15) is 0 Å². The van der Waals surface area contributed by atoms with Crippen LogP contribution in [0.5, 0.6) is 0 Å². The summed E-state index contributed by atoms with van der Waals surface area (Å²) in [4.78, 5) is 0. The van der Waals surface area contributed by atoms with Crippen molar-refractivity contribution in [3.05, 3.63) is 35.9 Å². The lowest BCUT2D eigenvalue weighted by molar-refractivity contribution is 0.0859. The minimum atomic E-state index is 0.326. The van der Waals surface area contributed by atoms with Crippen molar-refractivity contribution in [2.24, 2.45) is 5.41 Å². The molecule has 0 aliphatic heterocycles. The first-order valence-corrected chi connectivity index (χ1v) is 6.20. The van der Waals surface area contributed by atoms with E-state index in [-0.39, 0.29) is 0 Å². The lowest BCUT2D eigenvalue weighted by Crippen LogP contribution is -2.40. The standard InChI is InChI=1S/C14H21NO/c16-10-9-14(7-4-8-14)12-15-11-13-5-2-1-3-6-13/h1-3,5-6,15-16H,4,7-12H2. The maximum absolute atomic E-state index is 9.06. The molecular formula is C14H21NO. The quantitative estimate of drug-likeness (QED) is 0.769. The second kappa shape index (κ2) is 5.46. The van der Waals surface area contributed by atoms with Crippen LogP contribution in [-0.2, 0) is 6.54 Å². The highest BCUT2D eigenvalue weighted by Gasteiger charge is 2.35. The topological polar surface area (TPSA) is 32.3 Å². The van der Waals surface area contributed by atoms with Gasteiger partial charge in [0.15, 0.2) is 0 Å². The average molecular weight is 219 g/mol. The molecule has 2 nitrogen and oxygen atoms in total. The molecule has 2 heteroatoms. The Kier molecular flexibility index (Phi) is 3.97. The highest BCUT2D eigenvalue weighted by Crippen LogP contribution is 2.43. The number of nitrogens with one attached hydrogen (secondary N) is 1. The molecule has 1 saturated carbocycles. The van der Waals surface area contributed by atoms with Gasteiger partial charge in [0.25, 0.3) is 0 Å². The molecule has 1 aliphatic carbocycles. The summed E-state index contributed by atoms with van der Waals surface area (Å²) in [5.74, 6) is 0. The van der Waals surface area contributed by atoms with Crippen LogP contribution in [0.2, 0.25) is 0 Å². The van der Waals surface area contributed by atoms with E-state index >= 15 is 0 Å². The molecule has 1 aromatic carbocycles. The molecule has 1 aliphatic rings. The van der Waals surface area contributed by atoms with Crippen LogP contribution in [0.3, 0.4) is 0 Å². The molecule has 1 aromatic rings. The summed E-state index contributed by atoms with van der Waals surface area (Å²) in [6, 6.07) is 10.5. The zero-order valence-electron chi connectivity index (χ0n) is 9.78. The fraction of sp³-hybridized carbons (Fsp3) is 0.571. The maximum atomic E-state index is 9.06. The first-order valence-electron chi connectivity index (χ1n) is 6.20. The van der Waals surface area contributed by atoms with Crippen LogP contribution in [0, 0.1) is 5.41 Å². The van der Waals surface area contributed by atoms with Gasteiger partial charge >= 0.3 is 0 Å². The summed E-state index contributed by atoms with van der Waals surface area (Å²) < 4.78 is 0. The average Bonchev–Trinajstić information content (AvgIpc) is 2.27. The van der Waals surface area contributed by atoms with Crippen molar-refractivity contribution in [2.75, 3.05) is 13.2 Å². The Morgan fingerprint density at radius 1 is 1.19 bits per heavy atom. The van der Waals surface area contributed by atoms with Crippen molar-refractivity contribution >= 4 is 0 Å². The first-order chi connectivity index (χ1) is 7.85. The summed E-state index contributed by atoms with van der Waals surface area (Å²) >= 11 is 0. The molecule has 0 bridgehead atoms. The molecule has 16 heavy (non-hydrogen) atoms. The molecule has 0 spiro atoms. The van der Waals surface area contributed by atoms with Gasteiger partial charge in [-0.3, -0.25) is 0 Å². The molecule has 1 fully saturated rings.